The number of hydrogen-bond donors (Lipinski definition) is 3. The van der Waals surface area contributed by atoms with Gasteiger partial charge in [-0.25, -0.2) is 4.79 Å². The van der Waals surface area contributed by atoms with E-state index in [0.717, 1.165) is 50.0 Å². The Morgan fingerprint density at radius 1 is 1.00 bits per heavy atom. The van der Waals surface area contributed by atoms with Crippen molar-refractivity contribution in [2.24, 2.45) is 0 Å². The van der Waals surface area contributed by atoms with Crippen LogP contribution < -0.4 is 15.4 Å². The molecule has 1 aromatic rings. The molecule has 0 radical (unpaired) electrons. The van der Waals surface area contributed by atoms with E-state index in [1.54, 1.807) is 0 Å². The van der Waals surface area contributed by atoms with E-state index < -0.39 is 0 Å². The number of ether oxygens (including phenoxy) is 1. The van der Waals surface area contributed by atoms with Crippen LogP contribution in [0.4, 0.5) is 10.5 Å². The molecular weight excluding hydrogens is 292 g/mol. The van der Waals surface area contributed by atoms with Crippen LogP contribution in [0.2, 0.25) is 0 Å². The Morgan fingerprint density at radius 3 is 2.30 bits per heavy atom. The number of carbonyl (C=O) groups is 1. The number of hydrogen-bond acceptors (Lipinski definition) is 3. The molecule has 2 aliphatic rings. The Balaban J connectivity index is 1.44. The predicted molar refractivity (Wildman–Crippen MR) is 89.7 cm³/mol. The summed E-state index contributed by atoms with van der Waals surface area (Å²) in [4.78, 5) is 12.0. The van der Waals surface area contributed by atoms with Gasteiger partial charge in [0.15, 0.2) is 0 Å². The van der Waals surface area contributed by atoms with Gasteiger partial charge in [-0.2, -0.15) is 0 Å². The lowest BCUT2D eigenvalue weighted by Crippen LogP contribution is -2.40. The van der Waals surface area contributed by atoms with Crippen LogP contribution in [0.1, 0.15) is 51.4 Å². The highest BCUT2D eigenvalue weighted by Gasteiger charge is 2.20. The zero-order valence-corrected chi connectivity index (χ0v) is 13.5. The molecule has 2 fully saturated rings. The summed E-state index contributed by atoms with van der Waals surface area (Å²) in [6, 6.07) is 7.53. The van der Waals surface area contributed by atoms with Crippen molar-refractivity contribution < 1.29 is 14.6 Å². The number of benzene rings is 1. The fourth-order valence-electron chi connectivity index (χ4n) is 3.39. The van der Waals surface area contributed by atoms with Gasteiger partial charge in [-0.1, -0.05) is 0 Å². The average molecular weight is 318 g/mol. The second-order valence-electron chi connectivity index (χ2n) is 6.65. The van der Waals surface area contributed by atoms with E-state index in [4.69, 9.17) is 4.74 Å². The molecule has 0 unspecified atom stereocenters. The van der Waals surface area contributed by atoms with Crippen molar-refractivity contribution in [3.63, 3.8) is 0 Å². The summed E-state index contributed by atoms with van der Waals surface area (Å²) in [6.45, 7) is 0. The first-order valence-electron chi connectivity index (χ1n) is 8.71. The fraction of sp³-hybridized carbons (Fsp3) is 0.611. The summed E-state index contributed by atoms with van der Waals surface area (Å²) >= 11 is 0. The summed E-state index contributed by atoms with van der Waals surface area (Å²) in [6.07, 6.45) is 8.12. The molecule has 0 heterocycles. The van der Waals surface area contributed by atoms with E-state index in [2.05, 4.69) is 10.6 Å². The minimum Gasteiger partial charge on any atom is -0.490 e. The van der Waals surface area contributed by atoms with Crippen LogP contribution in [-0.4, -0.2) is 29.4 Å². The highest BCUT2D eigenvalue weighted by atomic mass is 16.5. The fourth-order valence-corrected chi connectivity index (χ4v) is 3.39. The van der Waals surface area contributed by atoms with Crippen LogP contribution >= 0.6 is 0 Å². The Labute approximate surface area is 137 Å². The summed E-state index contributed by atoms with van der Waals surface area (Å²) in [5.74, 6) is 0.865. The maximum absolute atomic E-state index is 12.0. The molecule has 0 atom stereocenters. The molecule has 0 bridgehead atoms. The highest BCUT2D eigenvalue weighted by molar-refractivity contribution is 5.89. The number of nitrogens with one attached hydrogen (secondary N) is 2. The number of aliphatic hydroxyl groups is 1. The Hall–Kier alpha value is -1.75. The van der Waals surface area contributed by atoms with E-state index in [0.29, 0.717) is 6.10 Å². The highest BCUT2D eigenvalue weighted by Crippen LogP contribution is 2.25. The van der Waals surface area contributed by atoms with Crippen molar-refractivity contribution in [1.82, 2.24) is 5.32 Å². The van der Waals surface area contributed by atoms with Gasteiger partial charge in [0.2, 0.25) is 0 Å². The first-order valence-corrected chi connectivity index (χ1v) is 8.71. The first-order chi connectivity index (χ1) is 11.2. The standard InChI is InChI=1S/C18H26N2O3/c21-15-9-5-13(6-10-15)19-18(22)20-14-7-11-17(12-8-14)23-16-3-1-2-4-16/h7-8,11-13,15-16,21H,1-6,9-10H2,(H2,19,20,22). The molecule has 2 amide bonds. The molecule has 3 rings (SSSR count). The molecule has 5 heteroatoms. The summed E-state index contributed by atoms with van der Waals surface area (Å²) in [5.41, 5.74) is 0.761. The maximum Gasteiger partial charge on any atom is 0.319 e. The summed E-state index contributed by atoms with van der Waals surface area (Å²) < 4.78 is 5.91. The predicted octanol–water partition coefficient (Wildman–Crippen LogP) is 3.43. The third-order valence-corrected chi connectivity index (χ3v) is 4.75. The van der Waals surface area contributed by atoms with E-state index in [-0.39, 0.29) is 18.2 Å². The third-order valence-electron chi connectivity index (χ3n) is 4.75. The number of amides is 2. The minimum absolute atomic E-state index is 0.156. The van der Waals surface area contributed by atoms with Crippen LogP contribution in [0.5, 0.6) is 5.75 Å². The lowest BCUT2D eigenvalue weighted by molar-refractivity contribution is 0.118. The van der Waals surface area contributed by atoms with Gasteiger partial charge in [-0.3, -0.25) is 0 Å². The van der Waals surface area contributed by atoms with Gasteiger partial charge in [-0.15, -0.1) is 0 Å². The maximum atomic E-state index is 12.0. The molecule has 0 aromatic heterocycles. The molecule has 2 aliphatic carbocycles. The van der Waals surface area contributed by atoms with Crippen molar-refractivity contribution >= 4 is 11.7 Å². The van der Waals surface area contributed by atoms with Gasteiger partial charge < -0.3 is 20.5 Å². The number of urea groups is 1. The third kappa shape index (κ3) is 4.86. The smallest absolute Gasteiger partial charge is 0.319 e. The Kier molecular flexibility index (Phi) is 5.39. The summed E-state index contributed by atoms with van der Waals surface area (Å²) in [7, 11) is 0. The van der Waals surface area contributed by atoms with Crippen molar-refractivity contribution in [1.29, 1.82) is 0 Å². The van der Waals surface area contributed by atoms with Crippen molar-refractivity contribution in [2.45, 2.75) is 69.6 Å². The van der Waals surface area contributed by atoms with Gasteiger partial charge in [-0.05, 0) is 75.6 Å². The Bertz CT molecular complexity index is 504. The SMILES string of the molecule is O=C(Nc1ccc(OC2CCCC2)cc1)NC1CCC(O)CC1. The van der Waals surface area contributed by atoms with Gasteiger partial charge in [0.05, 0.1) is 12.2 Å². The normalized spacial score (nSPS) is 25.1. The second-order valence-corrected chi connectivity index (χ2v) is 6.65. The van der Waals surface area contributed by atoms with Gasteiger partial charge in [0.25, 0.3) is 0 Å². The van der Waals surface area contributed by atoms with Crippen LogP contribution in [0, 0.1) is 0 Å². The van der Waals surface area contributed by atoms with Crippen molar-refractivity contribution in [2.75, 3.05) is 5.32 Å². The van der Waals surface area contributed by atoms with E-state index in [1.807, 2.05) is 24.3 Å². The van der Waals surface area contributed by atoms with Crippen LogP contribution in [0.3, 0.4) is 0 Å². The minimum atomic E-state index is -0.205. The van der Waals surface area contributed by atoms with Gasteiger partial charge in [0, 0.05) is 11.7 Å². The lowest BCUT2D eigenvalue weighted by atomic mass is 9.93. The summed E-state index contributed by atoms with van der Waals surface area (Å²) in [5, 5.41) is 15.3. The molecular formula is C18H26N2O3. The zero-order valence-electron chi connectivity index (χ0n) is 13.5. The van der Waals surface area contributed by atoms with Gasteiger partial charge >= 0.3 is 6.03 Å². The van der Waals surface area contributed by atoms with Gasteiger partial charge in [0.1, 0.15) is 5.75 Å². The molecule has 3 N–H and O–H groups in total. The molecule has 126 valence electrons. The Morgan fingerprint density at radius 2 is 1.65 bits per heavy atom. The molecule has 23 heavy (non-hydrogen) atoms. The molecule has 5 nitrogen and oxygen atoms in total. The zero-order chi connectivity index (χ0) is 16.1. The topological polar surface area (TPSA) is 70.6 Å². The molecule has 0 aliphatic heterocycles. The van der Waals surface area contributed by atoms with Crippen LogP contribution in [-0.2, 0) is 0 Å². The molecule has 0 saturated heterocycles. The number of aliphatic hydroxyl groups excluding tert-OH is 1. The lowest BCUT2D eigenvalue weighted by Gasteiger charge is -2.26. The van der Waals surface area contributed by atoms with E-state index in [9.17, 15) is 9.90 Å². The van der Waals surface area contributed by atoms with Crippen LogP contribution in [0.25, 0.3) is 0 Å². The van der Waals surface area contributed by atoms with Crippen LogP contribution in [0.15, 0.2) is 24.3 Å². The quantitative estimate of drug-likeness (QED) is 0.796. The first kappa shape index (κ1) is 16.1. The van der Waals surface area contributed by atoms with Crippen molar-refractivity contribution in [3.8, 4) is 5.75 Å². The molecule has 1 aromatic carbocycles. The monoisotopic (exact) mass is 318 g/mol. The second kappa shape index (κ2) is 7.68. The molecule has 2 saturated carbocycles. The number of carbonyl (C=O) groups excluding carboxylic acids is 1. The largest absolute Gasteiger partial charge is 0.490 e. The molecule has 0 spiro atoms. The number of anilines is 1. The van der Waals surface area contributed by atoms with E-state index in [1.165, 1.54) is 12.8 Å². The number of rotatable bonds is 4. The van der Waals surface area contributed by atoms with Crippen molar-refractivity contribution in [3.05, 3.63) is 24.3 Å². The average Bonchev–Trinajstić information content (AvgIpc) is 3.04. The van der Waals surface area contributed by atoms with E-state index >= 15 is 0 Å².